The number of rotatable bonds is 6. The molecule has 0 fully saturated rings. The number of furan rings is 1. The molecule has 4 rings (SSSR count). The molecule has 9 nitrogen and oxygen atoms in total. The lowest BCUT2D eigenvalue weighted by Crippen LogP contribution is -2.04. The third-order valence-corrected chi connectivity index (χ3v) is 5.10. The number of hydrogen-bond acceptors (Lipinski definition) is 8. The molecule has 10 heteroatoms. The molecule has 4 aromatic rings. The number of para-hydroxylation sites is 2. The van der Waals surface area contributed by atoms with Crippen LogP contribution in [0.15, 0.2) is 58.0 Å². The number of tetrazole rings is 1. The molecule has 28 heavy (non-hydrogen) atoms. The summed E-state index contributed by atoms with van der Waals surface area (Å²) in [5.41, 5.74) is 1.76. The number of benzene rings is 1. The van der Waals surface area contributed by atoms with Crippen molar-refractivity contribution in [2.75, 3.05) is 5.75 Å². The van der Waals surface area contributed by atoms with Gasteiger partial charge >= 0.3 is 0 Å². The smallest absolute Gasteiger partial charge is 0.210 e. The molecule has 0 atom stereocenters. The van der Waals surface area contributed by atoms with Gasteiger partial charge in [-0.25, -0.2) is 9.67 Å². The highest BCUT2D eigenvalue weighted by molar-refractivity contribution is 7.99. The van der Waals surface area contributed by atoms with Crippen molar-refractivity contribution in [3.05, 3.63) is 60.0 Å². The Morgan fingerprint density at radius 2 is 2.14 bits per heavy atom. The van der Waals surface area contributed by atoms with E-state index in [0.29, 0.717) is 23.3 Å². The Hall–Kier alpha value is -3.58. The number of nitriles is 1. The van der Waals surface area contributed by atoms with Crippen LogP contribution in [-0.4, -0.2) is 40.6 Å². The SMILES string of the molecule is Cn1c(C(C#N)=C(O)CSc2nnnn2Cc2ccco2)nc2ccccc21. The van der Waals surface area contributed by atoms with Crippen LogP contribution in [0.25, 0.3) is 16.6 Å². The van der Waals surface area contributed by atoms with Crippen molar-refractivity contribution < 1.29 is 9.52 Å². The molecular weight excluding hydrogens is 378 g/mol. The van der Waals surface area contributed by atoms with E-state index < -0.39 is 0 Å². The van der Waals surface area contributed by atoms with E-state index >= 15 is 0 Å². The maximum Gasteiger partial charge on any atom is 0.210 e. The minimum atomic E-state index is -0.0848. The Morgan fingerprint density at radius 3 is 2.89 bits per heavy atom. The Bertz CT molecular complexity index is 1180. The fourth-order valence-corrected chi connectivity index (χ4v) is 3.52. The molecular formula is C18H15N7O2S. The standard InChI is InChI=1S/C18H15N7O2S/c1-24-15-7-3-2-6-14(15)20-17(24)13(9-19)16(26)11-28-18-21-22-23-25(18)10-12-5-4-8-27-12/h2-8,26H,10-11H2,1H3. The molecule has 0 aliphatic heterocycles. The number of hydrogen-bond donors (Lipinski definition) is 1. The first-order valence-corrected chi connectivity index (χ1v) is 9.31. The number of thioether (sulfide) groups is 1. The van der Waals surface area contributed by atoms with E-state index in [1.165, 1.54) is 11.8 Å². The average Bonchev–Trinajstić information content (AvgIpc) is 3.44. The summed E-state index contributed by atoms with van der Waals surface area (Å²) in [6, 6.07) is 13.2. The summed E-state index contributed by atoms with van der Waals surface area (Å²) < 4.78 is 8.66. The normalized spacial score (nSPS) is 12.1. The lowest BCUT2D eigenvalue weighted by molar-refractivity contribution is 0.420. The fourth-order valence-electron chi connectivity index (χ4n) is 2.77. The highest BCUT2D eigenvalue weighted by Gasteiger charge is 2.18. The van der Waals surface area contributed by atoms with Crippen molar-refractivity contribution in [1.29, 1.82) is 5.26 Å². The Balaban J connectivity index is 1.57. The predicted molar refractivity (Wildman–Crippen MR) is 102 cm³/mol. The van der Waals surface area contributed by atoms with E-state index in [1.807, 2.05) is 37.4 Å². The first kappa shape index (κ1) is 17.8. The van der Waals surface area contributed by atoms with Crippen LogP contribution in [0.2, 0.25) is 0 Å². The molecule has 0 spiro atoms. The van der Waals surface area contributed by atoms with Crippen LogP contribution in [0.5, 0.6) is 0 Å². The summed E-state index contributed by atoms with van der Waals surface area (Å²) >= 11 is 1.22. The first-order chi connectivity index (χ1) is 13.7. The fraction of sp³-hybridized carbons (Fsp3) is 0.167. The van der Waals surface area contributed by atoms with Gasteiger partial charge in [0.1, 0.15) is 29.7 Å². The topological polar surface area (TPSA) is 119 Å². The second-order valence-corrected chi connectivity index (χ2v) is 6.85. The van der Waals surface area contributed by atoms with Gasteiger partial charge < -0.3 is 14.1 Å². The Labute approximate surface area is 163 Å². The molecule has 0 unspecified atom stereocenters. The van der Waals surface area contributed by atoms with E-state index in [-0.39, 0.29) is 17.1 Å². The number of nitrogens with zero attached hydrogens (tertiary/aromatic N) is 7. The number of aryl methyl sites for hydroxylation is 1. The van der Waals surface area contributed by atoms with Gasteiger partial charge in [0, 0.05) is 7.05 Å². The monoisotopic (exact) mass is 393 g/mol. The van der Waals surface area contributed by atoms with Gasteiger partial charge in [0.05, 0.1) is 23.0 Å². The number of imidazole rings is 1. The number of allylic oxidation sites excluding steroid dienone is 1. The molecule has 0 aliphatic rings. The van der Waals surface area contributed by atoms with E-state index in [1.54, 1.807) is 21.6 Å². The first-order valence-electron chi connectivity index (χ1n) is 8.32. The van der Waals surface area contributed by atoms with Crippen molar-refractivity contribution in [2.45, 2.75) is 11.7 Å². The van der Waals surface area contributed by atoms with Crippen LogP contribution in [0.4, 0.5) is 0 Å². The van der Waals surface area contributed by atoms with Crippen molar-refractivity contribution in [3.63, 3.8) is 0 Å². The highest BCUT2D eigenvalue weighted by atomic mass is 32.2. The molecule has 1 aromatic carbocycles. The minimum Gasteiger partial charge on any atom is -0.510 e. The molecule has 0 bridgehead atoms. The lowest BCUT2D eigenvalue weighted by Gasteiger charge is -2.05. The zero-order chi connectivity index (χ0) is 19.5. The van der Waals surface area contributed by atoms with E-state index in [4.69, 9.17) is 4.42 Å². The Kier molecular flexibility index (Phi) is 4.82. The Morgan fingerprint density at radius 1 is 1.29 bits per heavy atom. The number of aliphatic hydroxyl groups is 1. The molecule has 1 N–H and O–H groups in total. The van der Waals surface area contributed by atoms with Crippen molar-refractivity contribution in [1.82, 2.24) is 29.8 Å². The minimum absolute atomic E-state index is 0.0848. The summed E-state index contributed by atoms with van der Waals surface area (Å²) in [6.07, 6.45) is 1.58. The summed E-state index contributed by atoms with van der Waals surface area (Å²) in [4.78, 5) is 4.47. The average molecular weight is 393 g/mol. The number of fused-ring (bicyclic) bond motifs is 1. The van der Waals surface area contributed by atoms with Crippen molar-refractivity contribution >= 4 is 28.4 Å². The van der Waals surface area contributed by atoms with Gasteiger partial charge in [0.15, 0.2) is 5.82 Å². The van der Waals surface area contributed by atoms with Crippen LogP contribution in [0, 0.1) is 11.3 Å². The van der Waals surface area contributed by atoms with Crippen LogP contribution in [0.1, 0.15) is 11.6 Å². The number of aliphatic hydroxyl groups excluding tert-OH is 1. The van der Waals surface area contributed by atoms with Crippen LogP contribution < -0.4 is 0 Å². The summed E-state index contributed by atoms with van der Waals surface area (Å²) in [5.74, 6) is 1.17. The molecule has 0 radical (unpaired) electrons. The van der Waals surface area contributed by atoms with E-state index in [2.05, 4.69) is 26.6 Å². The van der Waals surface area contributed by atoms with Gasteiger partial charge in [-0.2, -0.15) is 5.26 Å². The van der Waals surface area contributed by atoms with E-state index in [0.717, 1.165) is 11.0 Å². The zero-order valence-electron chi connectivity index (χ0n) is 14.8. The van der Waals surface area contributed by atoms with E-state index in [9.17, 15) is 10.4 Å². The van der Waals surface area contributed by atoms with Crippen LogP contribution in [-0.2, 0) is 13.6 Å². The molecule has 0 saturated heterocycles. The summed E-state index contributed by atoms with van der Waals surface area (Å²) in [7, 11) is 1.81. The van der Waals surface area contributed by atoms with Gasteiger partial charge in [-0.15, -0.1) is 5.10 Å². The maximum atomic E-state index is 10.5. The molecule has 3 aromatic heterocycles. The van der Waals surface area contributed by atoms with Gasteiger partial charge in [-0.3, -0.25) is 0 Å². The van der Waals surface area contributed by atoms with Gasteiger partial charge in [-0.05, 0) is 34.7 Å². The van der Waals surface area contributed by atoms with Crippen LogP contribution >= 0.6 is 11.8 Å². The second kappa shape index (κ2) is 7.58. The molecule has 0 aliphatic carbocycles. The third-order valence-electron chi connectivity index (χ3n) is 4.13. The van der Waals surface area contributed by atoms with Crippen LogP contribution in [0.3, 0.4) is 0 Å². The third kappa shape index (κ3) is 3.35. The summed E-state index contributed by atoms with van der Waals surface area (Å²) in [6.45, 7) is 0.378. The highest BCUT2D eigenvalue weighted by Crippen LogP contribution is 2.25. The molecule has 3 heterocycles. The van der Waals surface area contributed by atoms with Crippen molar-refractivity contribution in [3.8, 4) is 6.07 Å². The summed E-state index contributed by atoms with van der Waals surface area (Å²) in [5, 5.41) is 32.2. The van der Waals surface area contributed by atoms with Gasteiger partial charge in [-0.1, -0.05) is 23.9 Å². The number of aromatic nitrogens is 6. The quantitative estimate of drug-likeness (QED) is 0.302. The largest absolute Gasteiger partial charge is 0.510 e. The van der Waals surface area contributed by atoms with Gasteiger partial charge in [0.25, 0.3) is 0 Å². The maximum absolute atomic E-state index is 10.5. The zero-order valence-corrected chi connectivity index (χ0v) is 15.7. The molecule has 140 valence electrons. The van der Waals surface area contributed by atoms with Gasteiger partial charge in [0.2, 0.25) is 5.16 Å². The molecule has 0 saturated carbocycles. The molecule has 0 amide bonds. The predicted octanol–water partition coefficient (Wildman–Crippen LogP) is 2.79. The second-order valence-electron chi connectivity index (χ2n) is 5.90. The van der Waals surface area contributed by atoms with Crippen molar-refractivity contribution in [2.24, 2.45) is 7.05 Å². The lowest BCUT2D eigenvalue weighted by atomic mass is 10.2.